The number of aliphatic hydroxyl groups excluding tert-OH is 1. The van der Waals surface area contributed by atoms with Crippen LogP contribution in [0.25, 0.3) is 0 Å². The molecule has 0 saturated heterocycles. The molecule has 2 rings (SSSR count). The quantitative estimate of drug-likeness (QED) is 0.121. The summed E-state index contributed by atoms with van der Waals surface area (Å²) in [6, 6.07) is 0. The third-order valence-corrected chi connectivity index (χ3v) is 7.36. The topological polar surface area (TPSA) is 49.7 Å². The number of hydrogen-bond acceptors (Lipinski definition) is 3. The first-order valence-corrected chi connectivity index (χ1v) is 14.7. The molecule has 0 aromatic carbocycles. The van der Waals surface area contributed by atoms with E-state index in [4.69, 9.17) is 14.9 Å². The minimum absolute atomic E-state index is 0.117. The Morgan fingerprint density at radius 1 is 1.12 bits per heavy atom. The summed E-state index contributed by atoms with van der Waals surface area (Å²) >= 11 is 0. The van der Waals surface area contributed by atoms with Gasteiger partial charge in [0.05, 0.1) is 7.11 Å². The molecule has 0 radical (unpaired) electrons. The molecular formula is C35H56F2O3. The number of alkyl halides is 2. The van der Waals surface area contributed by atoms with Gasteiger partial charge in [-0.3, -0.25) is 0 Å². The molecule has 0 amide bonds. The Hall–Kier alpha value is -2.24. The molecule has 1 fully saturated rings. The lowest BCUT2D eigenvalue weighted by Gasteiger charge is -2.27. The van der Waals surface area contributed by atoms with E-state index in [9.17, 15) is 8.78 Å². The zero-order valence-corrected chi connectivity index (χ0v) is 26.5. The highest BCUT2D eigenvalue weighted by Crippen LogP contribution is 2.37. The van der Waals surface area contributed by atoms with E-state index in [0.29, 0.717) is 17.8 Å². The molecule has 228 valence electrons. The van der Waals surface area contributed by atoms with Crippen LogP contribution >= 0.6 is 0 Å². The number of ether oxygens (including phenoxy) is 1. The van der Waals surface area contributed by atoms with Gasteiger partial charge in [-0.05, 0) is 75.9 Å². The van der Waals surface area contributed by atoms with Crippen LogP contribution in [0.3, 0.4) is 0 Å². The minimum Gasteiger partial charge on any atom is -0.501 e. The molecule has 0 aromatic rings. The Morgan fingerprint density at radius 2 is 1.70 bits per heavy atom. The van der Waals surface area contributed by atoms with E-state index in [1.54, 1.807) is 7.11 Å². The van der Waals surface area contributed by atoms with Crippen molar-refractivity contribution in [2.45, 2.75) is 106 Å². The molecule has 0 spiro atoms. The van der Waals surface area contributed by atoms with Crippen molar-refractivity contribution < 1.29 is 23.7 Å². The van der Waals surface area contributed by atoms with Crippen molar-refractivity contribution in [1.29, 1.82) is 0 Å². The number of halogens is 2. The summed E-state index contributed by atoms with van der Waals surface area (Å²) in [5, 5.41) is 14.2. The molecule has 5 heteroatoms. The predicted octanol–water partition coefficient (Wildman–Crippen LogP) is 10.0. The van der Waals surface area contributed by atoms with Crippen molar-refractivity contribution in [3.63, 3.8) is 0 Å². The van der Waals surface area contributed by atoms with Gasteiger partial charge in [-0.25, -0.2) is 8.78 Å². The molecule has 2 aliphatic carbocycles. The summed E-state index contributed by atoms with van der Waals surface area (Å²) in [6.07, 6.45) is 17.5. The lowest BCUT2D eigenvalue weighted by molar-refractivity contribution is -0.0460. The van der Waals surface area contributed by atoms with Crippen LogP contribution in [-0.4, -0.2) is 30.0 Å². The van der Waals surface area contributed by atoms with E-state index < -0.39 is 12.7 Å². The second kappa shape index (κ2) is 19.8. The zero-order valence-electron chi connectivity index (χ0n) is 26.5. The smallest absolute Gasteiger partial charge is 0.248 e. The SMILES string of the molecule is C=C(C)/C(C(=C)/C=C(/C)C/C(=C\C(C)C)C1C=CC=C(CC)C1)=C(/C)OC.CCC1CCC(F)(F)CC1.OCO. The third-order valence-electron chi connectivity index (χ3n) is 7.36. The van der Waals surface area contributed by atoms with E-state index in [1.807, 2.05) is 13.8 Å². The lowest BCUT2D eigenvalue weighted by atomic mass is 9.82. The van der Waals surface area contributed by atoms with Crippen LogP contribution in [0.5, 0.6) is 0 Å². The van der Waals surface area contributed by atoms with E-state index in [0.717, 1.165) is 61.0 Å². The second-order valence-electron chi connectivity index (χ2n) is 11.3. The Bertz CT molecular complexity index is 938. The van der Waals surface area contributed by atoms with Crippen LogP contribution < -0.4 is 0 Å². The second-order valence-corrected chi connectivity index (χ2v) is 11.3. The maximum absolute atomic E-state index is 12.5. The Labute approximate surface area is 243 Å². The van der Waals surface area contributed by atoms with Crippen LogP contribution in [0.4, 0.5) is 8.78 Å². The summed E-state index contributed by atoms with van der Waals surface area (Å²) in [5.41, 5.74) is 7.32. The van der Waals surface area contributed by atoms with Gasteiger partial charge in [0.2, 0.25) is 5.92 Å². The van der Waals surface area contributed by atoms with Crippen LogP contribution in [0.15, 0.2) is 82.7 Å². The monoisotopic (exact) mass is 562 g/mol. The summed E-state index contributed by atoms with van der Waals surface area (Å²) in [7, 11) is 1.69. The molecule has 1 atom stereocenters. The highest BCUT2D eigenvalue weighted by atomic mass is 19.3. The maximum atomic E-state index is 12.5. The molecular weight excluding hydrogens is 506 g/mol. The standard InChI is InChI=1S/C26H38O.C8H14F2.CH4O2/c1-10-23-12-11-13-24(17-23)25(14-18(2)3)16-20(6)15-21(7)26(19(4)5)22(8)27-9;1-2-7-3-5-8(9,10)6-4-7;2-1-3/h11-15,18,24H,4,7,10,16-17H2,1-3,5-6,8-9H3;7H,2-6H2,1H3;2-3H,1H2/b20-15-,25-14+,26-22+;;. The largest absolute Gasteiger partial charge is 0.501 e. The van der Waals surface area contributed by atoms with Crippen molar-refractivity contribution >= 4 is 0 Å². The fraction of sp³-hybridized carbons (Fsp3) is 0.600. The first-order chi connectivity index (χ1) is 18.7. The van der Waals surface area contributed by atoms with Gasteiger partial charge in [0.15, 0.2) is 0 Å². The molecule has 0 aromatic heterocycles. The average Bonchev–Trinajstić information content (AvgIpc) is 2.88. The number of aliphatic hydroxyl groups is 2. The van der Waals surface area contributed by atoms with Gasteiger partial charge in [-0.15, -0.1) is 0 Å². The first kappa shape index (κ1) is 37.8. The molecule has 0 heterocycles. The highest BCUT2D eigenvalue weighted by Gasteiger charge is 2.33. The molecule has 40 heavy (non-hydrogen) atoms. The van der Waals surface area contributed by atoms with Gasteiger partial charge in [0.25, 0.3) is 0 Å². The fourth-order valence-corrected chi connectivity index (χ4v) is 5.16. The number of methoxy groups -OCH3 is 1. The van der Waals surface area contributed by atoms with Crippen LogP contribution in [0.2, 0.25) is 0 Å². The predicted molar refractivity (Wildman–Crippen MR) is 167 cm³/mol. The molecule has 1 saturated carbocycles. The number of allylic oxidation sites excluding steroid dienone is 12. The number of hydrogen-bond donors (Lipinski definition) is 2. The van der Waals surface area contributed by atoms with Gasteiger partial charge < -0.3 is 14.9 Å². The van der Waals surface area contributed by atoms with Crippen LogP contribution in [0, 0.1) is 17.8 Å². The normalized spacial score (nSPS) is 19.9. The summed E-state index contributed by atoms with van der Waals surface area (Å²) in [5.74, 6) is 0.135. The molecule has 0 bridgehead atoms. The van der Waals surface area contributed by atoms with Gasteiger partial charge in [0.1, 0.15) is 12.6 Å². The van der Waals surface area contributed by atoms with E-state index in [1.165, 1.54) is 16.7 Å². The molecule has 2 N–H and O–H groups in total. The summed E-state index contributed by atoms with van der Waals surface area (Å²) in [4.78, 5) is 0. The third kappa shape index (κ3) is 14.9. The van der Waals surface area contributed by atoms with Gasteiger partial charge in [0, 0.05) is 24.3 Å². The zero-order chi connectivity index (χ0) is 30.9. The highest BCUT2D eigenvalue weighted by molar-refractivity contribution is 5.51. The summed E-state index contributed by atoms with van der Waals surface area (Å²) in [6.45, 7) is 22.6. The Balaban J connectivity index is 0.000000961. The lowest BCUT2D eigenvalue weighted by Crippen LogP contribution is -2.24. The van der Waals surface area contributed by atoms with E-state index in [2.05, 4.69) is 78.2 Å². The molecule has 0 aliphatic heterocycles. The van der Waals surface area contributed by atoms with Crippen molar-refractivity contribution in [3.8, 4) is 0 Å². The van der Waals surface area contributed by atoms with Gasteiger partial charge >= 0.3 is 0 Å². The molecule has 3 nitrogen and oxygen atoms in total. The first-order valence-electron chi connectivity index (χ1n) is 14.7. The van der Waals surface area contributed by atoms with E-state index in [-0.39, 0.29) is 12.8 Å². The maximum Gasteiger partial charge on any atom is 0.248 e. The van der Waals surface area contributed by atoms with Crippen molar-refractivity contribution in [2.75, 3.05) is 13.9 Å². The van der Waals surface area contributed by atoms with Crippen molar-refractivity contribution in [3.05, 3.63) is 82.7 Å². The average molecular weight is 563 g/mol. The Kier molecular flexibility index (Phi) is 18.7. The molecule has 1 unspecified atom stereocenters. The van der Waals surface area contributed by atoms with Gasteiger partial charge in [-0.1, -0.05) is 94.4 Å². The molecule has 2 aliphatic rings. The van der Waals surface area contributed by atoms with E-state index >= 15 is 0 Å². The van der Waals surface area contributed by atoms with Crippen molar-refractivity contribution in [2.24, 2.45) is 17.8 Å². The fourth-order valence-electron chi connectivity index (χ4n) is 5.16. The minimum atomic E-state index is -2.34. The van der Waals surface area contributed by atoms with Crippen molar-refractivity contribution in [1.82, 2.24) is 0 Å². The number of rotatable bonds is 10. The van der Waals surface area contributed by atoms with Crippen LogP contribution in [0.1, 0.15) is 99.8 Å². The van der Waals surface area contributed by atoms with Gasteiger partial charge in [-0.2, -0.15) is 0 Å². The summed E-state index contributed by atoms with van der Waals surface area (Å²) < 4.78 is 30.5. The Morgan fingerprint density at radius 3 is 2.15 bits per heavy atom. The van der Waals surface area contributed by atoms with Crippen LogP contribution in [-0.2, 0) is 4.74 Å².